The highest BCUT2D eigenvalue weighted by atomic mass is 16.5. The van der Waals surface area contributed by atoms with Crippen molar-refractivity contribution in [1.82, 2.24) is 10.3 Å². The van der Waals surface area contributed by atoms with Gasteiger partial charge in [0.15, 0.2) is 0 Å². The Hall–Kier alpha value is -3.81. The van der Waals surface area contributed by atoms with E-state index in [-0.39, 0.29) is 17.7 Å². The number of aromatic amines is 1. The van der Waals surface area contributed by atoms with Crippen LogP contribution in [0.1, 0.15) is 15.9 Å². The predicted molar refractivity (Wildman–Crippen MR) is 108 cm³/mol. The molecule has 0 aliphatic rings. The number of nitrogens with one attached hydrogen (secondary N) is 3. The number of hydrogen-bond donors (Lipinski definition) is 3. The number of ether oxygens (including phenoxy) is 2. The van der Waals surface area contributed by atoms with E-state index in [1.165, 1.54) is 20.3 Å². The molecule has 3 aromatic rings. The van der Waals surface area contributed by atoms with Crippen LogP contribution in [0.25, 0.3) is 10.9 Å². The number of hydrogen-bond acceptors (Lipinski definition) is 5. The lowest BCUT2D eigenvalue weighted by Crippen LogP contribution is -2.45. The number of amides is 2. The smallest absolute Gasteiger partial charge is 0.339 e. The average Bonchev–Trinajstić information content (AvgIpc) is 3.15. The number of methoxy groups -OCH3 is 2. The molecule has 1 unspecified atom stereocenters. The van der Waals surface area contributed by atoms with E-state index < -0.39 is 24.0 Å². The summed E-state index contributed by atoms with van der Waals surface area (Å²) in [4.78, 5) is 39.7. The van der Waals surface area contributed by atoms with Gasteiger partial charge in [-0.3, -0.25) is 0 Å². The summed E-state index contributed by atoms with van der Waals surface area (Å²) in [6.45, 7) is 0. The van der Waals surface area contributed by atoms with Crippen LogP contribution in [0.3, 0.4) is 0 Å². The second-order valence-electron chi connectivity index (χ2n) is 6.27. The quantitative estimate of drug-likeness (QED) is 0.556. The third kappa shape index (κ3) is 4.55. The summed E-state index contributed by atoms with van der Waals surface area (Å²) in [5.41, 5.74) is 2.28. The van der Waals surface area contributed by atoms with Crippen LogP contribution in [0.15, 0.2) is 54.7 Å². The topological polar surface area (TPSA) is 110 Å². The molecule has 0 saturated carbocycles. The highest BCUT2D eigenvalue weighted by molar-refractivity contribution is 6.01. The zero-order valence-electron chi connectivity index (χ0n) is 16.0. The second kappa shape index (κ2) is 8.92. The number of aromatic nitrogens is 1. The van der Waals surface area contributed by atoms with E-state index in [1.807, 2.05) is 24.3 Å². The molecule has 8 nitrogen and oxygen atoms in total. The van der Waals surface area contributed by atoms with Crippen LogP contribution in [0.2, 0.25) is 0 Å². The standard InChI is InChI=1S/C21H21N3O5/c1-28-19(25)15-8-4-6-10-17(15)23-21(27)24-18(20(26)29-2)11-13-12-22-16-9-5-3-7-14(13)16/h3-10,12,18,22H,11H2,1-2H3,(H2,23,24,27). The fourth-order valence-corrected chi connectivity index (χ4v) is 3.05. The molecule has 1 heterocycles. The van der Waals surface area contributed by atoms with Crippen LogP contribution in [0.4, 0.5) is 10.5 Å². The van der Waals surface area contributed by atoms with Gasteiger partial charge in [0, 0.05) is 23.5 Å². The molecule has 1 atom stereocenters. The molecule has 150 valence electrons. The summed E-state index contributed by atoms with van der Waals surface area (Å²) >= 11 is 0. The normalized spacial score (nSPS) is 11.5. The minimum Gasteiger partial charge on any atom is -0.467 e. The molecular weight excluding hydrogens is 374 g/mol. The zero-order valence-corrected chi connectivity index (χ0v) is 16.0. The van der Waals surface area contributed by atoms with Gasteiger partial charge < -0.3 is 25.1 Å². The molecule has 0 aliphatic heterocycles. The monoisotopic (exact) mass is 395 g/mol. The highest BCUT2D eigenvalue weighted by Gasteiger charge is 2.24. The van der Waals surface area contributed by atoms with Gasteiger partial charge in [-0.15, -0.1) is 0 Å². The van der Waals surface area contributed by atoms with Gasteiger partial charge in [0.05, 0.1) is 25.5 Å². The van der Waals surface area contributed by atoms with Crippen molar-refractivity contribution in [2.24, 2.45) is 0 Å². The van der Waals surface area contributed by atoms with Crippen molar-refractivity contribution in [2.75, 3.05) is 19.5 Å². The Morgan fingerprint density at radius 1 is 1.00 bits per heavy atom. The Bertz CT molecular complexity index is 1040. The molecule has 0 fully saturated rings. The Morgan fingerprint density at radius 3 is 2.48 bits per heavy atom. The first-order valence-electron chi connectivity index (χ1n) is 8.91. The van der Waals surface area contributed by atoms with Gasteiger partial charge in [-0.1, -0.05) is 30.3 Å². The van der Waals surface area contributed by atoms with E-state index in [9.17, 15) is 14.4 Å². The van der Waals surface area contributed by atoms with Gasteiger partial charge in [-0.05, 0) is 23.8 Å². The van der Waals surface area contributed by atoms with Crippen molar-refractivity contribution in [3.8, 4) is 0 Å². The Kier molecular flexibility index (Phi) is 6.13. The fraction of sp³-hybridized carbons (Fsp3) is 0.190. The Morgan fingerprint density at radius 2 is 1.72 bits per heavy atom. The van der Waals surface area contributed by atoms with Gasteiger partial charge >= 0.3 is 18.0 Å². The molecule has 0 radical (unpaired) electrons. The van der Waals surface area contributed by atoms with E-state index in [2.05, 4.69) is 15.6 Å². The lowest BCUT2D eigenvalue weighted by molar-refractivity contribution is -0.142. The fourth-order valence-electron chi connectivity index (χ4n) is 3.05. The number of esters is 2. The molecule has 29 heavy (non-hydrogen) atoms. The number of benzene rings is 2. The maximum atomic E-state index is 12.5. The van der Waals surface area contributed by atoms with E-state index in [4.69, 9.17) is 9.47 Å². The van der Waals surface area contributed by atoms with Gasteiger partial charge in [0.2, 0.25) is 0 Å². The second-order valence-corrected chi connectivity index (χ2v) is 6.27. The molecule has 3 N–H and O–H groups in total. The lowest BCUT2D eigenvalue weighted by atomic mass is 10.1. The van der Waals surface area contributed by atoms with E-state index in [0.717, 1.165) is 16.5 Å². The van der Waals surface area contributed by atoms with Gasteiger partial charge in [0.25, 0.3) is 0 Å². The van der Waals surface area contributed by atoms with Crippen molar-refractivity contribution in [2.45, 2.75) is 12.5 Å². The third-order valence-electron chi connectivity index (χ3n) is 4.47. The first kappa shape index (κ1) is 19.9. The zero-order chi connectivity index (χ0) is 20.8. The van der Waals surface area contributed by atoms with Gasteiger partial charge in [0.1, 0.15) is 6.04 Å². The SMILES string of the molecule is COC(=O)c1ccccc1NC(=O)NC(Cc1c[nH]c2ccccc12)C(=O)OC. The molecule has 0 spiro atoms. The third-order valence-corrected chi connectivity index (χ3v) is 4.47. The maximum absolute atomic E-state index is 12.5. The predicted octanol–water partition coefficient (Wildman–Crippen LogP) is 2.86. The molecule has 8 heteroatoms. The molecular formula is C21H21N3O5. The maximum Gasteiger partial charge on any atom is 0.339 e. The Labute approximate surface area is 167 Å². The van der Waals surface area contributed by atoms with Crippen LogP contribution in [0.5, 0.6) is 0 Å². The van der Waals surface area contributed by atoms with Crippen molar-refractivity contribution in [3.05, 3.63) is 65.9 Å². The first-order valence-corrected chi connectivity index (χ1v) is 8.91. The first-order chi connectivity index (χ1) is 14.0. The van der Waals surface area contributed by atoms with Crippen LogP contribution in [-0.2, 0) is 20.7 Å². The summed E-state index contributed by atoms with van der Waals surface area (Å²) in [6.07, 6.45) is 2.04. The summed E-state index contributed by atoms with van der Waals surface area (Å²) < 4.78 is 9.56. The summed E-state index contributed by atoms with van der Waals surface area (Å²) in [6, 6.07) is 12.5. The minimum atomic E-state index is -0.913. The average molecular weight is 395 g/mol. The number of urea groups is 1. The van der Waals surface area contributed by atoms with E-state index in [1.54, 1.807) is 24.4 Å². The molecule has 0 aliphatic carbocycles. The molecule has 0 saturated heterocycles. The van der Waals surface area contributed by atoms with E-state index in [0.29, 0.717) is 0 Å². The largest absolute Gasteiger partial charge is 0.467 e. The number of para-hydroxylation sites is 2. The number of fused-ring (bicyclic) bond motifs is 1. The van der Waals surface area contributed by atoms with Gasteiger partial charge in [-0.2, -0.15) is 0 Å². The highest BCUT2D eigenvalue weighted by Crippen LogP contribution is 2.20. The van der Waals surface area contributed by atoms with Crippen LogP contribution >= 0.6 is 0 Å². The molecule has 0 bridgehead atoms. The number of H-pyrrole nitrogens is 1. The summed E-state index contributed by atoms with van der Waals surface area (Å²) in [5.74, 6) is -1.16. The summed E-state index contributed by atoms with van der Waals surface area (Å²) in [5, 5.41) is 6.16. The number of carbonyl (C=O) groups is 3. The molecule has 3 rings (SSSR count). The summed E-state index contributed by atoms with van der Waals surface area (Å²) in [7, 11) is 2.52. The van der Waals surface area contributed by atoms with Crippen molar-refractivity contribution in [1.29, 1.82) is 0 Å². The number of rotatable bonds is 6. The molecule has 2 amide bonds. The van der Waals surface area contributed by atoms with Crippen LogP contribution < -0.4 is 10.6 Å². The number of carbonyl (C=O) groups excluding carboxylic acids is 3. The molecule has 1 aromatic heterocycles. The Balaban J connectivity index is 1.76. The van der Waals surface area contributed by atoms with Crippen LogP contribution in [-0.4, -0.2) is 43.2 Å². The van der Waals surface area contributed by atoms with Crippen molar-refractivity contribution in [3.63, 3.8) is 0 Å². The van der Waals surface area contributed by atoms with Crippen molar-refractivity contribution >= 4 is 34.6 Å². The minimum absolute atomic E-state index is 0.205. The van der Waals surface area contributed by atoms with Crippen LogP contribution in [0, 0.1) is 0 Å². The van der Waals surface area contributed by atoms with E-state index >= 15 is 0 Å². The lowest BCUT2D eigenvalue weighted by Gasteiger charge is -2.17. The van der Waals surface area contributed by atoms with Crippen molar-refractivity contribution < 1.29 is 23.9 Å². The molecule has 2 aromatic carbocycles. The van der Waals surface area contributed by atoms with Gasteiger partial charge in [-0.25, -0.2) is 14.4 Å². The number of anilines is 1.